The highest BCUT2D eigenvalue weighted by Gasteiger charge is 2.14. The van der Waals surface area contributed by atoms with Crippen LogP contribution in [0.25, 0.3) is 5.69 Å². The van der Waals surface area contributed by atoms with Gasteiger partial charge in [0, 0.05) is 23.3 Å². The van der Waals surface area contributed by atoms with Crippen LogP contribution < -0.4 is 5.32 Å². The van der Waals surface area contributed by atoms with Crippen LogP contribution in [-0.2, 0) is 13.0 Å². The van der Waals surface area contributed by atoms with E-state index in [0.717, 1.165) is 29.4 Å². The zero-order chi connectivity index (χ0) is 15.6. The molecule has 0 bridgehead atoms. The van der Waals surface area contributed by atoms with E-state index < -0.39 is 0 Å². The Kier molecular flexibility index (Phi) is 5.07. The van der Waals surface area contributed by atoms with Crippen LogP contribution >= 0.6 is 11.6 Å². The number of aromatic nitrogens is 2. The molecule has 0 unspecified atom stereocenters. The third-order valence-corrected chi connectivity index (χ3v) is 4.00. The molecule has 2 aromatic rings. The first-order valence-corrected chi connectivity index (χ1v) is 7.89. The molecule has 3 nitrogen and oxygen atoms in total. The predicted molar refractivity (Wildman–Crippen MR) is 89.4 cm³/mol. The highest BCUT2D eigenvalue weighted by atomic mass is 35.5. The summed E-state index contributed by atoms with van der Waals surface area (Å²) in [7, 11) is 0. The van der Waals surface area contributed by atoms with Crippen LogP contribution in [0.1, 0.15) is 43.3 Å². The Morgan fingerprint density at radius 3 is 2.57 bits per heavy atom. The lowest BCUT2D eigenvalue weighted by atomic mass is 10.1. The summed E-state index contributed by atoms with van der Waals surface area (Å²) in [6.07, 6.45) is 1.00. The zero-order valence-corrected chi connectivity index (χ0v) is 14.3. The van der Waals surface area contributed by atoms with Gasteiger partial charge in [0.05, 0.1) is 11.4 Å². The summed E-state index contributed by atoms with van der Waals surface area (Å²) >= 11 is 6.17. The Hall–Kier alpha value is -1.32. The normalized spacial score (nSPS) is 11.4. The topological polar surface area (TPSA) is 29.9 Å². The van der Waals surface area contributed by atoms with Crippen LogP contribution in [0.4, 0.5) is 0 Å². The first-order valence-electron chi connectivity index (χ1n) is 7.51. The molecule has 21 heavy (non-hydrogen) atoms. The minimum atomic E-state index is 0.434. The second-order valence-corrected chi connectivity index (χ2v) is 6.16. The van der Waals surface area contributed by atoms with Crippen LogP contribution in [-0.4, -0.2) is 15.8 Å². The van der Waals surface area contributed by atoms with Gasteiger partial charge in [-0.1, -0.05) is 32.4 Å². The Labute approximate surface area is 132 Å². The molecule has 2 rings (SSSR count). The molecule has 0 amide bonds. The van der Waals surface area contributed by atoms with E-state index in [-0.39, 0.29) is 0 Å². The largest absolute Gasteiger partial charge is 0.310 e. The summed E-state index contributed by atoms with van der Waals surface area (Å²) in [6.45, 7) is 11.4. The van der Waals surface area contributed by atoms with E-state index in [0.29, 0.717) is 6.04 Å². The molecule has 0 aliphatic rings. The number of halogens is 1. The summed E-state index contributed by atoms with van der Waals surface area (Å²) in [5, 5.41) is 8.93. The molecule has 0 spiro atoms. The minimum Gasteiger partial charge on any atom is -0.310 e. The van der Waals surface area contributed by atoms with Gasteiger partial charge in [0.2, 0.25) is 0 Å². The lowest BCUT2D eigenvalue weighted by Gasteiger charge is -2.14. The van der Waals surface area contributed by atoms with Crippen molar-refractivity contribution in [2.75, 3.05) is 0 Å². The first kappa shape index (κ1) is 16.1. The minimum absolute atomic E-state index is 0.434. The van der Waals surface area contributed by atoms with Crippen molar-refractivity contribution >= 4 is 11.6 Å². The van der Waals surface area contributed by atoms with Gasteiger partial charge >= 0.3 is 0 Å². The zero-order valence-electron chi connectivity index (χ0n) is 13.5. The highest BCUT2D eigenvalue weighted by Crippen LogP contribution is 2.24. The van der Waals surface area contributed by atoms with E-state index in [1.54, 1.807) is 0 Å². The SMILES string of the molecule is CCc1c(C)nn(-c2ccc(Cl)cc2CNC(C)C)c1C. The molecule has 0 radical (unpaired) electrons. The maximum absolute atomic E-state index is 6.17. The smallest absolute Gasteiger partial charge is 0.0694 e. The van der Waals surface area contributed by atoms with Gasteiger partial charge in [-0.2, -0.15) is 5.10 Å². The molecule has 1 heterocycles. The second-order valence-electron chi connectivity index (χ2n) is 5.72. The van der Waals surface area contributed by atoms with E-state index in [9.17, 15) is 0 Å². The lowest BCUT2D eigenvalue weighted by Crippen LogP contribution is -2.23. The van der Waals surface area contributed by atoms with Gasteiger partial charge in [-0.15, -0.1) is 0 Å². The molecule has 0 saturated carbocycles. The molecular formula is C17H24ClN3. The molecule has 1 aromatic heterocycles. The van der Waals surface area contributed by atoms with E-state index in [1.165, 1.54) is 16.8 Å². The Morgan fingerprint density at radius 1 is 1.29 bits per heavy atom. The predicted octanol–water partition coefficient (Wildman–Crippen LogP) is 4.20. The second kappa shape index (κ2) is 6.63. The average molecular weight is 306 g/mol. The fourth-order valence-corrected chi connectivity index (χ4v) is 2.83. The first-order chi connectivity index (χ1) is 9.93. The number of hydrogen-bond donors (Lipinski definition) is 1. The van der Waals surface area contributed by atoms with Gasteiger partial charge in [0.25, 0.3) is 0 Å². The third kappa shape index (κ3) is 3.47. The highest BCUT2D eigenvalue weighted by molar-refractivity contribution is 6.30. The van der Waals surface area contributed by atoms with Crippen LogP contribution in [0, 0.1) is 13.8 Å². The molecule has 0 aliphatic carbocycles. The van der Waals surface area contributed by atoms with Crippen molar-refractivity contribution < 1.29 is 0 Å². The van der Waals surface area contributed by atoms with Crippen molar-refractivity contribution in [2.45, 2.75) is 53.6 Å². The van der Waals surface area contributed by atoms with Crippen molar-refractivity contribution in [3.63, 3.8) is 0 Å². The molecule has 0 atom stereocenters. The standard InChI is InChI=1S/C17H24ClN3/c1-6-16-12(4)20-21(13(16)5)17-8-7-15(18)9-14(17)10-19-11(2)3/h7-9,11,19H,6,10H2,1-5H3. The molecule has 0 fully saturated rings. The van der Waals surface area contributed by atoms with Crippen LogP contribution in [0.3, 0.4) is 0 Å². The number of benzene rings is 1. The van der Waals surface area contributed by atoms with Crippen LogP contribution in [0.15, 0.2) is 18.2 Å². The van der Waals surface area contributed by atoms with Gasteiger partial charge in [0.15, 0.2) is 0 Å². The number of aryl methyl sites for hydroxylation is 1. The quantitative estimate of drug-likeness (QED) is 0.897. The average Bonchev–Trinajstić information content (AvgIpc) is 2.71. The maximum Gasteiger partial charge on any atom is 0.0694 e. The van der Waals surface area contributed by atoms with Gasteiger partial charge in [-0.05, 0) is 49.6 Å². The van der Waals surface area contributed by atoms with Crippen molar-refractivity contribution in [1.29, 1.82) is 0 Å². The summed E-state index contributed by atoms with van der Waals surface area (Å²) in [5.74, 6) is 0. The Morgan fingerprint density at radius 2 is 2.00 bits per heavy atom. The van der Waals surface area contributed by atoms with E-state index in [1.807, 2.05) is 16.8 Å². The van der Waals surface area contributed by atoms with Gasteiger partial charge in [-0.25, -0.2) is 4.68 Å². The number of hydrogen-bond acceptors (Lipinski definition) is 2. The van der Waals surface area contributed by atoms with Gasteiger partial charge in [-0.3, -0.25) is 0 Å². The molecule has 0 aliphatic heterocycles. The molecule has 114 valence electrons. The number of nitrogens with zero attached hydrogens (tertiary/aromatic N) is 2. The molecule has 0 saturated heterocycles. The third-order valence-electron chi connectivity index (χ3n) is 3.77. The monoisotopic (exact) mass is 305 g/mol. The van der Waals surface area contributed by atoms with Crippen molar-refractivity contribution in [2.24, 2.45) is 0 Å². The summed E-state index contributed by atoms with van der Waals surface area (Å²) in [4.78, 5) is 0. The number of rotatable bonds is 5. The maximum atomic E-state index is 6.17. The van der Waals surface area contributed by atoms with E-state index in [4.69, 9.17) is 16.7 Å². The van der Waals surface area contributed by atoms with Crippen molar-refractivity contribution in [3.05, 3.63) is 45.7 Å². The molecule has 1 aromatic carbocycles. The van der Waals surface area contributed by atoms with E-state index in [2.05, 4.69) is 46.0 Å². The van der Waals surface area contributed by atoms with Crippen LogP contribution in [0.2, 0.25) is 5.02 Å². The summed E-state index contributed by atoms with van der Waals surface area (Å²) < 4.78 is 2.04. The van der Waals surface area contributed by atoms with Gasteiger partial charge < -0.3 is 5.32 Å². The molecule has 1 N–H and O–H groups in total. The Balaban J connectivity index is 2.48. The molecular weight excluding hydrogens is 282 g/mol. The summed E-state index contributed by atoms with van der Waals surface area (Å²) in [5.41, 5.74) is 5.92. The molecule has 4 heteroatoms. The van der Waals surface area contributed by atoms with E-state index >= 15 is 0 Å². The van der Waals surface area contributed by atoms with Crippen LogP contribution in [0.5, 0.6) is 0 Å². The van der Waals surface area contributed by atoms with Gasteiger partial charge in [0.1, 0.15) is 0 Å². The summed E-state index contributed by atoms with van der Waals surface area (Å²) in [6, 6.07) is 6.44. The fraction of sp³-hybridized carbons (Fsp3) is 0.471. The number of nitrogens with one attached hydrogen (secondary N) is 1. The Bertz CT molecular complexity index is 629. The fourth-order valence-electron chi connectivity index (χ4n) is 2.64. The lowest BCUT2D eigenvalue weighted by molar-refractivity contribution is 0.586. The van der Waals surface area contributed by atoms with Crippen molar-refractivity contribution in [3.8, 4) is 5.69 Å². The van der Waals surface area contributed by atoms with Crippen molar-refractivity contribution in [1.82, 2.24) is 15.1 Å².